The number of aryl methyl sites for hydroxylation is 1. The predicted octanol–water partition coefficient (Wildman–Crippen LogP) is 3.44. The van der Waals surface area contributed by atoms with E-state index in [1.54, 1.807) is 11.6 Å². The molecule has 1 aromatic heterocycles. The second-order valence-electron chi connectivity index (χ2n) is 7.09. The topological polar surface area (TPSA) is 76.5 Å². The van der Waals surface area contributed by atoms with Crippen LogP contribution in [0.15, 0.2) is 48.5 Å². The van der Waals surface area contributed by atoms with Crippen LogP contribution in [0.1, 0.15) is 18.3 Å². The molecule has 3 aromatic rings. The average Bonchev–Trinajstić information content (AvgIpc) is 3.11. The Balaban J connectivity index is 1.59. The van der Waals surface area contributed by atoms with E-state index in [0.29, 0.717) is 11.4 Å². The number of ether oxygens (including phenoxy) is 1. The maximum Gasteiger partial charge on any atom is 0.573 e. The summed E-state index contributed by atoms with van der Waals surface area (Å²) in [4.78, 5) is 31.1. The molecule has 7 nitrogen and oxygen atoms in total. The molecule has 1 fully saturated rings. The van der Waals surface area contributed by atoms with Gasteiger partial charge in [0.1, 0.15) is 17.1 Å². The number of imidazole rings is 1. The summed E-state index contributed by atoms with van der Waals surface area (Å²) in [7, 11) is 1.79. The highest BCUT2D eigenvalue weighted by molar-refractivity contribution is 6.07. The molecule has 0 spiro atoms. The number of carbonyl (C=O) groups excluding carboxylic acids is 2. The summed E-state index contributed by atoms with van der Waals surface area (Å²) in [6.07, 6.45) is -4.81. The second-order valence-corrected chi connectivity index (χ2v) is 7.09. The minimum absolute atomic E-state index is 0.0410. The van der Waals surface area contributed by atoms with Gasteiger partial charge in [0.05, 0.1) is 17.6 Å². The molecular formula is C20H17F3N4O3. The Bertz CT molecular complexity index is 1140. The lowest BCUT2D eigenvalue weighted by Gasteiger charge is -2.22. The normalized spacial score (nSPS) is 19.4. The van der Waals surface area contributed by atoms with Crippen molar-refractivity contribution in [3.63, 3.8) is 0 Å². The molecule has 10 heteroatoms. The minimum Gasteiger partial charge on any atom is -0.406 e. The number of nitrogens with one attached hydrogen (secondary N) is 1. The van der Waals surface area contributed by atoms with Crippen LogP contribution in [-0.4, -0.2) is 32.8 Å². The third-order valence-electron chi connectivity index (χ3n) is 5.12. The second kappa shape index (κ2) is 6.75. The first-order chi connectivity index (χ1) is 14.1. The summed E-state index contributed by atoms with van der Waals surface area (Å²) < 4.78 is 42.7. The Hall–Kier alpha value is -3.56. The third kappa shape index (κ3) is 3.34. The Morgan fingerprint density at radius 3 is 2.40 bits per heavy atom. The van der Waals surface area contributed by atoms with Gasteiger partial charge in [-0.1, -0.05) is 24.3 Å². The molecule has 156 valence electrons. The quantitative estimate of drug-likeness (QED) is 0.659. The molecule has 1 saturated heterocycles. The highest BCUT2D eigenvalue weighted by atomic mass is 19.4. The van der Waals surface area contributed by atoms with Crippen molar-refractivity contribution in [3.8, 4) is 5.75 Å². The fourth-order valence-corrected chi connectivity index (χ4v) is 3.50. The van der Waals surface area contributed by atoms with Crippen molar-refractivity contribution >= 4 is 23.0 Å². The standard InChI is InChI=1S/C20H17F3N4O3/c1-19(12-7-9-13(10-8-12)30-20(21,22)23)17(28)27(18(29)25-19)11-16-24-14-5-3-4-6-15(14)26(16)2/h3-10H,11H2,1-2H3,(H,25,29). The zero-order valence-electron chi connectivity index (χ0n) is 16.0. The van der Waals surface area contributed by atoms with Crippen molar-refractivity contribution in [3.05, 3.63) is 59.9 Å². The number of fused-ring (bicyclic) bond motifs is 1. The molecular weight excluding hydrogens is 401 g/mol. The van der Waals surface area contributed by atoms with Crippen molar-refractivity contribution in [2.45, 2.75) is 25.4 Å². The number of amides is 3. The largest absolute Gasteiger partial charge is 0.573 e. The van der Waals surface area contributed by atoms with Gasteiger partial charge in [-0.15, -0.1) is 13.2 Å². The first-order valence-electron chi connectivity index (χ1n) is 8.99. The molecule has 2 heterocycles. The van der Waals surface area contributed by atoms with E-state index in [9.17, 15) is 22.8 Å². The van der Waals surface area contributed by atoms with Gasteiger partial charge in [0.15, 0.2) is 0 Å². The van der Waals surface area contributed by atoms with Crippen LogP contribution in [0.5, 0.6) is 5.75 Å². The van der Waals surface area contributed by atoms with Gasteiger partial charge >= 0.3 is 12.4 Å². The number of carbonyl (C=O) groups is 2. The summed E-state index contributed by atoms with van der Waals surface area (Å²) in [6.45, 7) is 1.46. The van der Waals surface area contributed by atoms with Gasteiger partial charge < -0.3 is 14.6 Å². The van der Waals surface area contributed by atoms with E-state index >= 15 is 0 Å². The van der Waals surface area contributed by atoms with Gasteiger partial charge in [-0.25, -0.2) is 9.78 Å². The maximum absolute atomic E-state index is 13.1. The van der Waals surface area contributed by atoms with Crippen LogP contribution >= 0.6 is 0 Å². The highest BCUT2D eigenvalue weighted by Crippen LogP contribution is 2.32. The number of imide groups is 1. The Kier molecular flexibility index (Phi) is 4.44. The number of hydrogen-bond donors (Lipinski definition) is 1. The first-order valence-corrected chi connectivity index (χ1v) is 8.99. The van der Waals surface area contributed by atoms with Crippen molar-refractivity contribution in [1.29, 1.82) is 0 Å². The van der Waals surface area contributed by atoms with Crippen molar-refractivity contribution < 1.29 is 27.5 Å². The summed E-state index contributed by atoms with van der Waals surface area (Å²) in [5.74, 6) is -0.412. The van der Waals surface area contributed by atoms with E-state index in [1.807, 2.05) is 24.3 Å². The van der Waals surface area contributed by atoms with Crippen LogP contribution in [0.3, 0.4) is 0 Å². The lowest BCUT2D eigenvalue weighted by atomic mass is 9.92. The van der Waals surface area contributed by atoms with Crippen LogP contribution in [0.25, 0.3) is 11.0 Å². The van der Waals surface area contributed by atoms with Gasteiger partial charge in [0.25, 0.3) is 5.91 Å². The molecule has 0 saturated carbocycles. The minimum atomic E-state index is -4.81. The number of alkyl halides is 3. The zero-order chi connectivity index (χ0) is 21.7. The maximum atomic E-state index is 13.1. The van der Waals surface area contributed by atoms with Crippen molar-refractivity contribution in [1.82, 2.24) is 19.8 Å². The highest BCUT2D eigenvalue weighted by Gasteiger charge is 2.49. The number of aromatic nitrogens is 2. The van der Waals surface area contributed by atoms with Crippen LogP contribution in [0.4, 0.5) is 18.0 Å². The van der Waals surface area contributed by atoms with Gasteiger partial charge in [-0.05, 0) is 36.8 Å². The molecule has 1 N–H and O–H groups in total. The Morgan fingerprint density at radius 2 is 1.77 bits per heavy atom. The van der Waals surface area contributed by atoms with E-state index < -0.39 is 29.6 Å². The predicted molar refractivity (Wildman–Crippen MR) is 100 cm³/mol. The molecule has 30 heavy (non-hydrogen) atoms. The summed E-state index contributed by atoms with van der Waals surface area (Å²) in [5.41, 5.74) is 0.522. The molecule has 1 unspecified atom stereocenters. The smallest absolute Gasteiger partial charge is 0.406 e. The summed E-state index contributed by atoms with van der Waals surface area (Å²) >= 11 is 0. The molecule has 1 atom stereocenters. The SMILES string of the molecule is Cn1c(CN2C(=O)NC(C)(c3ccc(OC(F)(F)F)cc3)C2=O)nc2ccccc21. The third-order valence-corrected chi connectivity index (χ3v) is 5.12. The van der Waals surface area contributed by atoms with Crippen LogP contribution in [-0.2, 0) is 23.9 Å². The van der Waals surface area contributed by atoms with E-state index in [-0.39, 0.29) is 6.54 Å². The molecule has 0 bridgehead atoms. The van der Waals surface area contributed by atoms with Gasteiger partial charge in [0.2, 0.25) is 0 Å². The summed E-state index contributed by atoms with van der Waals surface area (Å²) in [5, 5.41) is 2.62. The molecule has 2 aromatic carbocycles. The van der Waals surface area contributed by atoms with E-state index in [0.717, 1.165) is 28.1 Å². The number of benzene rings is 2. The lowest BCUT2D eigenvalue weighted by molar-refractivity contribution is -0.274. The summed E-state index contributed by atoms with van der Waals surface area (Å²) in [6, 6.07) is 11.6. The molecule has 1 aliphatic rings. The zero-order valence-corrected chi connectivity index (χ0v) is 16.0. The Labute approximate surface area is 169 Å². The van der Waals surface area contributed by atoms with Crippen LogP contribution < -0.4 is 10.1 Å². The fourth-order valence-electron chi connectivity index (χ4n) is 3.50. The number of para-hydroxylation sites is 2. The molecule has 0 radical (unpaired) electrons. The van der Waals surface area contributed by atoms with Crippen LogP contribution in [0.2, 0.25) is 0 Å². The fraction of sp³-hybridized carbons (Fsp3) is 0.250. The van der Waals surface area contributed by atoms with Crippen molar-refractivity contribution in [2.24, 2.45) is 7.05 Å². The van der Waals surface area contributed by atoms with Crippen LogP contribution in [0, 0.1) is 0 Å². The number of nitrogens with zero attached hydrogens (tertiary/aromatic N) is 3. The molecule has 3 amide bonds. The number of rotatable bonds is 4. The van der Waals surface area contributed by atoms with Crippen molar-refractivity contribution in [2.75, 3.05) is 0 Å². The molecule has 0 aliphatic carbocycles. The van der Waals surface area contributed by atoms with Gasteiger partial charge in [-0.3, -0.25) is 9.69 Å². The van der Waals surface area contributed by atoms with E-state index in [2.05, 4.69) is 15.0 Å². The van der Waals surface area contributed by atoms with Gasteiger partial charge in [0, 0.05) is 7.05 Å². The molecule has 4 rings (SSSR count). The van der Waals surface area contributed by atoms with E-state index in [1.165, 1.54) is 19.1 Å². The molecule has 1 aliphatic heterocycles. The average molecular weight is 418 g/mol. The number of halogens is 3. The number of hydrogen-bond acceptors (Lipinski definition) is 4. The lowest BCUT2D eigenvalue weighted by Crippen LogP contribution is -2.40. The Morgan fingerprint density at radius 1 is 1.10 bits per heavy atom. The van der Waals surface area contributed by atoms with E-state index in [4.69, 9.17) is 0 Å². The number of urea groups is 1. The van der Waals surface area contributed by atoms with Gasteiger partial charge in [-0.2, -0.15) is 0 Å². The first kappa shape index (κ1) is 19.7. The monoisotopic (exact) mass is 418 g/mol.